The molecule has 2 N–H and O–H groups in total. The van der Waals surface area contributed by atoms with E-state index in [-0.39, 0.29) is 6.10 Å². The summed E-state index contributed by atoms with van der Waals surface area (Å²) in [5.41, 5.74) is 0.827. The molecule has 0 aromatic rings. The van der Waals surface area contributed by atoms with Crippen LogP contribution < -0.4 is 0 Å². The van der Waals surface area contributed by atoms with Crippen molar-refractivity contribution < 1.29 is 10.2 Å². The molecule has 4 aliphatic rings. The maximum absolute atomic E-state index is 11.8. The minimum Gasteiger partial charge on any atom is -0.396 e. The van der Waals surface area contributed by atoms with Crippen LogP contribution in [0.3, 0.4) is 0 Å². The van der Waals surface area contributed by atoms with Crippen molar-refractivity contribution in [3.63, 3.8) is 0 Å². The van der Waals surface area contributed by atoms with E-state index in [1.807, 2.05) is 0 Å². The Morgan fingerprint density at radius 2 is 1.64 bits per heavy atom. The number of hydrogen-bond acceptors (Lipinski definition) is 2. The SMILES string of the molecule is CC[C@H]1[C@@H](O)[C@H]2C3CC[C@H]([C@H](C)CCO)[C@@]3(C)CCC2[C@@]2(C)CC[C@@H](C)C[C@@H]12. The van der Waals surface area contributed by atoms with Gasteiger partial charge in [0.2, 0.25) is 0 Å². The molecule has 0 saturated heterocycles. The Hall–Kier alpha value is -0.0800. The van der Waals surface area contributed by atoms with Crippen molar-refractivity contribution in [2.75, 3.05) is 6.61 Å². The second-order valence-electron chi connectivity index (χ2n) is 12.1. The van der Waals surface area contributed by atoms with Gasteiger partial charge < -0.3 is 10.2 Å². The highest BCUT2D eigenvalue weighted by molar-refractivity contribution is 5.13. The van der Waals surface area contributed by atoms with Crippen LogP contribution in [-0.4, -0.2) is 22.9 Å². The van der Waals surface area contributed by atoms with Crippen molar-refractivity contribution >= 4 is 0 Å². The number of hydrogen-bond donors (Lipinski definition) is 2. The van der Waals surface area contributed by atoms with Crippen LogP contribution in [0.4, 0.5) is 0 Å². The van der Waals surface area contributed by atoms with Crippen LogP contribution in [0.2, 0.25) is 0 Å². The lowest BCUT2D eigenvalue weighted by atomic mass is 9.41. The van der Waals surface area contributed by atoms with Crippen LogP contribution in [0.5, 0.6) is 0 Å². The molecule has 4 fully saturated rings. The molecular formula is C26H46O2. The van der Waals surface area contributed by atoms with E-state index < -0.39 is 0 Å². The summed E-state index contributed by atoms with van der Waals surface area (Å²) in [6.07, 6.45) is 11.4. The van der Waals surface area contributed by atoms with Gasteiger partial charge in [-0.25, -0.2) is 0 Å². The lowest BCUT2D eigenvalue weighted by Crippen LogP contribution is -2.61. The fourth-order valence-corrected chi connectivity index (χ4v) is 9.56. The maximum atomic E-state index is 11.8. The van der Waals surface area contributed by atoms with Gasteiger partial charge in [0.1, 0.15) is 0 Å². The molecule has 4 saturated carbocycles. The van der Waals surface area contributed by atoms with Crippen molar-refractivity contribution in [2.45, 2.75) is 98.5 Å². The molecule has 0 bridgehead atoms. The Labute approximate surface area is 173 Å². The first-order chi connectivity index (χ1) is 13.3. The van der Waals surface area contributed by atoms with Gasteiger partial charge in [-0.1, -0.05) is 47.5 Å². The summed E-state index contributed by atoms with van der Waals surface area (Å²) in [7, 11) is 0. The highest BCUT2D eigenvalue weighted by Crippen LogP contribution is 2.69. The van der Waals surface area contributed by atoms with E-state index in [1.165, 1.54) is 44.9 Å². The van der Waals surface area contributed by atoms with E-state index in [2.05, 4.69) is 34.6 Å². The molecule has 2 unspecified atom stereocenters. The first-order valence-corrected chi connectivity index (χ1v) is 12.6. The number of aliphatic hydroxyl groups excluding tert-OH is 2. The molecule has 0 radical (unpaired) electrons. The summed E-state index contributed by atoms with van der Waals surface area (Å²) in [6.45, 7) is 12.6. The molecular weight excluding hydrogens is 344 g/mol. The molecule has 0 heterocycles. The highest BCUT2D eigenvalue weighted by Gasteiger charge is 2.64. The van der Waals surface area contributed by atoms with Crippen molar-refractivity contribution in [1.29, 1.82) is 0 Å². The molecule has 28 heavy (non-hydrogen) atoms. The molecule has 11 atom stereocenters. The minimum absolute atomic E-state index is 0.0881. The fraction of sp³-hybridized carbons (Fsp3) is 1.00. The third kappa shape index (κ3) is 2.95. The standard InChI is InChI=1S/C26H46O2/c1-6-18-22-15-16(2)9-12-26(22,5)21-10-13-25(4)19(17(3)11-14-27)7-8-20(25)23(21)24(18)28/h16-24,27-28H,6-15H2,1-5H3/t16-,17-,18-,19-,20?,21?,22+,23+,24-,25-,26-/m1/s1. The zero-order valence-corrected chi connectivity index (χ0v) is 19.2. The number of aliphatic hydroxyl groups is 2. The van der Waals surface area contributed by atoms with Gasteiger partial charge in [-0.2, -0.15) is 0 Å². The second-order valence-corrected chi connectivity index (χ2v) is 12.1. The van der Waals surface area contributed by atoms with Gasteiger partial charge in [0.05, 0.1) is 6.10 Å². The van der Waals surface area contributed by atoms with Crippen LogP contribution in [0.25, 0.3) is 0 Å². The van der Waals surface area contributed by atoms with Crippen molar-refractivity contribution in [1.82, 2.24) is 0 Å². The monoisotopic (exact) mass is 390 g/mol. The summed E-state index contributed by atoms with van der Waals surface area (Å²) in [5.74, 6) is 5.35. The summed E-state index contributed by atoms with van der Waals surface area (Å²) in [5, 5.41) is 21.3. The molecule has 4 aliphatic carbocycles. The van der Waals surface area contributed by atoms with Crippen LogP contribution in [-0.2, 0) is 0 Å². The largest absolute Gasteiger partial charge is 0.396 e. The summed E-state index contributed by atoms with van der Waals surface area (Å²) < 4.78 is 0. The van der Waals surface area contributed by atoms with Crippen LogP contribution in [0.1, 0.15) is 92.4 Å². The Kier molecular flexibility index (Phi) is 5.71. The van der Waals surface area contributed by atoms with Gasteiger partial charge in [0.15, 0.2) is 0 Å². The summed E-state index contributed by atoms with van der Waals surface area (Å²) >= 11 is 0. The minimum atomic E-state index is -0.0881. The molecule has 4 rings (SSSR count). The Balaban J connectivity index is 1.67. The summed E-state index contributed by atoms with van der Waals surface area (Å²) in [4.78, 5) is 0. The Morgan fingerprint density at radius 1 is 0.964 bits per heavy atom. The first kappa shape index (κ1) is 21.2. The molecule has 0 aromatic carbocycles. The van der Waals surface area contributed by atoms with Gasteiger partial charge in [-0.15, -0.1) is 0 Å². The quantitative estimate of drug-likeness (QED) is 0.627. The van der Waals surface area contributed by atoms with E-state index in [1.54, 1.807) is 0 Å². The third-order valence-electron chi connectivity index (χ3n) is 11.0. The van der Waals surface area contributed by atoms with Crippen molar-refractivity contribution in [3.05, 3.63) is 0 Å². The van der Waals surface area contributed by atoms with Gasteiger partial charge in [0, 0.05) is 6.61 Å². The van der Waals surface area contributed by atoms with Gasteiger partial charge in [0.25, 0.3) is 0 Å². The second kappa shape index (κ2) is 7.56. The normalized spacial score (nSPS) is 54.5. The molecule has 162 valence electrons. The summed E-state index contributed by atoms with van der Waals surface area (Å²) in [6, 6.07) is 0. The van der Waals surface area contributed by atoms with Gasteiger partial charge in [-0.05, 0) is 103 Å². The van der Waals surface area contributed by atoms with Gasteiger partial charge >= 0.3 is 0 Å². The molecule has 0 aliphatic heterocycles. The lowest BCUT2D eigenvalue weighted by molar-refractivity contribution is -0.198. The smallest absolute Gasteiger partial charge is 0.0605 e. The Morgan fingerprint density at radius 3 is 2.32 bits per heavy atom. The zero-order chi connectivity index (χ0) is 20.3. The molecule has 0 spiro atoms. The van der Waals surface area contributed by atoms with Gasteiger partial charge in [-0.3, -0.25) is 0 Å². The number of fused-ring (bicyclic) bond motifs is 5. The van der Waals surface area contributed by atoms with Crippen LogP contribution in [0.15, 0.2) is 0 Å². The average Bonchev–Trinajstić information content (AvgIpc) is 3.01. The van der Waals surface area contributed by atoms with Crippen LogP contribution in [0, 0.1) is 58.2 Å². The highest BCUT2D eigenvalue weighted by atomic mass is 16.3. The Bertz CT molecular complexity index is 561. The predicted octanol–water partition coefficient (Wildman–Crippen LogP) is 5.91. The van der Waals surface area contributed by atoms with E-state index >= 15 is 0 Å². The third-order valence-corrected chi connectivity index (χ3v) is 11.0. The van der Waals surface area contributed by atoms with Crippen LogP contribution >= 0.6 is 0 Å². The average molecular weight is 391 g/mol. The molecule has 2 heteroatoms. The van der Waals surface area contributed by atoms with Crippen molar-refractivity contribution in [3.8, 4) is 0 Å². The fourth-order valence-electron chi connectivity index (χ4n) is 9.56. The molecule has 0 amide bonds. The van der Waals surface area contributed by atoms with E-state index in [4.69, 9.17) is 0 Å². The zero-order valence-electron chi connectivity index (χ0n) is 19.2. The first-order valence-electron chi connectivity index (χ1n) is 12.6. The van der Waals surface area contributed by atoms with E-state index in [9.17, 15) is 10.2 Å². The maximum Gasteiger partial charge on any atom is 0.0605 e. The molecule has 0 aromatic heterocycles. The molecule has 2 nitrogen and oxygen atoms in total. The number of rotatable bonds is 4. The predicted molar refractivity (Wildman–Crippen MR) is 116 cm³/mol. The van der Waals surface area contributed by atoms with E-state index in [0.29, 0.717) is 41.1 Å². The van der Waals surface area contributed by atoms with E-state index in [0.717, 1.165) is 36.5 Å². The van der Waals surface area contributed by atoms with Crippen molar-refractivity contribution in [2.24, 2.45) is 58.2 Å². The topological polar surface area (TPSA) is 40.5 Å². The lowest BCUT2D eigenvalue weighted by Gasteiger charge is -2.65.